The van der Waals surface area contributed by atoms with E-state index < -0.39 is 0 Å². The van der Waals surface area contributed by atoms with E-state index in [0.717, 1.165) is 8.70 Å². The van der Waals surface area contributed by atoms with Crippen LogP contribution in [0, 0.1) is 0 Å². The number of rotatable bonds is 1. The SMILES string of the molecule is COC(=O)c1ccc([As])c([As])c1. The van der Waals surface area contributed by atoms with Crippen molar-refractivity contribution in [2.24, 2.45) is 0 Å². The van der Waals surface area contributed by atoms with Crippen molar-refractivity contribution in [1.82, 2.24) is 0 Å². The van der Waals surface area contributed by atoms with Crippen molar-refractivity contribution in [3.8, 4) is 0 Å². The van der Waals surface area contributed by atoms with Gasteiger partial charge in [-0.2, -0.15) is 0 Å². The number of hydrogen-bond acceptors (Lipinski definition) is 2. The molecule has 1 aromatic rings. The van der Waals surface area contributed by atoms with Crippen LogP contribution in [0.1, 0.15) is 10.4 Å². The Hall–Kier alpha value is -0.193. The van der Waals surface area contributed by atoms with Crippen molar-refractivity contribution in [1.29, 1.82) is 0 Å². The van der Waals surface area contributed by atoms with Crippen LogP contribution in [0.4, 0.5) is 0 Å². The van der Waals surface area contributed by atoms with Gasteiger partial charge in [-0.1, -0.05) is 0 Å². The molecule has 0 aromatic heterocycles. The van der Waals surface area contributed by atoms with Crippen molar-refractivity contribution in [2.45, 2.75) is 0 Å². The van der Waals surface area contributed by atoms with Crippen LogP contribution in [0.25, 0.3) is 0 Å². The third-order valence-corrected chi connectivity index (χ3v) is 3.82. The van der Waals surface area contributed by atoms with Crippen molar-refractivity contribution in [3.63, 3.8) is 0 Å². The number of carbonyl (C=O) groups excluding carboxylic acids is 1. The predicted molar refractivity (Wildman–Crippen MR) is 48.6 cm³/mol. The first kappa shape index (κ1) is 9.89. The Morgan fingerprint density at radius 2 is 2.00 bits per heavy atom. The van der Waals surface area contributed by atoms with Crippen molar-refractivity contribution >= 4 is 48.4 Å². The summed E-state index contributed by atoms with van der Waals surface area (Å²) in [6, 6.07) is 5.41. The molecule has 0 atom stereocenters. The second kappa shape index (κ2) is 4.16. The molecule has 0 aliphatic rings. The normalized spacial score (nSPS) is 9.58. The van der Waals surface area contributed by atoms with Crippen molar-refractivity contribution in [2.75, 3.05) is 7.11 Å². The van der Waals surface area contributed by atoms with Gasteiger partial charge in [0.05, 0.1) is 0 Å². The minimum atomic E-state index is -0.296. The summed E-state index contributed by atoms with van der Waals surface area (Å²) in [7, 11) is 1.38. The molecule has 4 heteroatoms. The number of carbonyl (C=O) groups is 1. The average molecular weight is 284 g/mol. The quantitative estimate of drug-likeness (QED) is 0.491. The van der Waals surface area contributed by atoms with E-state index in [0.29, 0.717) is 5.56 Å². The fourth-order valence-electron chi connectivity index (χ4n) is 0.768. The van der Waals surface area contributed by atoms with Gasteiger partial charge in [-0.15, -0.1) is 0 Å². The van der Waals surface area contributed by atoms with Crippen LogP contribution >= 0.6 is 0 Å². The van der Waals surface area contributed by atoms with Crippen LogP contribution in [-0.4, -0.2) is 46.8 Å². The second-order valence-corrected chi connectivity index (χ2v) is 4.22. The van der Waals surface area contributed by atoms with Gasteiger partial charge in [0.2, 0.25) is 0 Å². The van der Waals surface area contributed by atoms with Gasteiger partial charge in [-0.25, -0.2) is 0 Å². The summed E-state index contributed by atoms with van der Waals surface area (Å²) in [5, 5.41) is 0. The predicted octanol–water partition coefficient (Wildman–Crippen LogP) is -0.939. The topological polar surface area (TPSA) is 26.3 Å². The zero-order chi connectivity index (χ0) is 9.14. The van der Waals surface area contributed by atoms with Crippen LogP contribution in [0.3, 0.4) is 0 Å². The molecule has 0 unspecified atom stereocenters. The standard InChI is InChI=1S/C8H6As2O2/c1-12-8(11)5-2-3-6(9)7(10)4-5/h2-4H,1H3. The van der Waals surface area contributed by atoms with E-state index >= 15 is 0 Å². The first-order chi connectivity index (χ1) is 5.65. The second-order valence-electron chi connectivity index (χ2n) is 2.20. The van der Waals surface area contributed by atoms with Gasteiger partial charge < -0.3 is 0 Å². The molecule has 0 saturated heterocycles. The van der Waals surface area contributed by atoms with Gasteiger partial charge in [0.15, 0.2) is 0 Å². The van der Waals surface area contributed by atoms with E-state index in [-0.39, 0.29) is 5.97 Å². The van der Waals surface area contributed by atoms with Gasteiger partial charge in [0.1, 0.15) is 0 Å². The van der Waals surface area contributed by atoms with Crippen LogP contribution in [0.5, 0.6) is 0 Å². The molecule has 0 bridgehead atoms. The Labute approximate surface area is 88.7 Å². The Morgan fingerprint density at radius 3 is 2.50 bits per heavy atom. The van der Waals surface area contributed by atoms with Gasteiger partial charge >= 0.3 is 88.8 Å². The van der Waals surface area contributed by atoms with Crippen LogP contribution in [0.15, 0.2) is 18.2 Å². The molecule has 0 N–H and O–H groups in total. The summed E-state index contributed by atoms with van der Waals surface area (Å²) >= 11 is 4.85. The Kier molecular flexibility index (Phi) is 3.43. The minimum absolute atomic E-state index is 0.296. The van der Waals surface area contributed by atoms with Gasteiger partial charge in [0.25, 0.3) is 0 Å². The van der Waals surface area contributed by atoms with Crippen LogP contribution in [0.2, 0.25) is 0 Å². The van der Waals surface area contributed by atoms with Gasteiger partial charge in [0, 0.05) is 0 Å². The average Bonchev–Trinajstić information content (AvgIpc) is 2.08. The van der Waals surface area contributed by atoms with Crippen LogP contribution < -0.4 is 8.70 Å². The number of ether oxygens (including phenoxy) is 1. The van der Waals surface area contributed by atoms with E-state index in [9.17, 15) is 4.79 Å². The number of methoxy groups -OCH3 is 1. The molecule has 2 nitrogen and oxygen atoms in total. The molecule has 0 amide bonds. The maximum absolute atomic E-state index is 11.0. The van der Waals surface area contributed by atoms with Crippen molar-refractivity contribution < 1.29 is 9.53 Å². The third-order valence-electron chi connectivity index (χ3n) is 1.40. The monoisotopic (exact) mass is 284 g/mol. The Balaban J connectivity index is 3.05. The molecule has 0 heterocycles. The number of hydrogen-bond donors (Lipinski definition) is 0. The summed E-state index contributed by atoms with van der Waals surface area (Å²) in [4.78, 5) is 11.0. The van der Waals surface area contributed by atoms with Gasteiger partial charge in [-0.05, 0) is 0 Å². The molecule has 60 valence electrons. The molecule has 0 saturated carbocycles. The summed E-state index contributed by atoms with van der Waals surface area (Å²) in [5.74, 6) is -0.296. The molecule has 4 radical (unpaired) electrons. The van der Waals surface area contributed by atoms with E-state index in [4.69, 9.17) is 0 Å². The first-order valence-corrected chi connectivity index (χ1v) is 5.13. The van der Waals surface area contributed by atoms with Crippen molar-refractivity contribution in [3.05, 3.63) is 23.8 Å². The van der Waals surface area contributed by atoms with E-state index in [2.05, 4.69) is 38.4 Å². The van der Waals surface area contributed by atoms with Crippen LogP contribution in [-0.2, 0) is 4.74 Å². The molecular formula is C8H6As2O2. The molecule has 0 aliphatic carbocycles. The fraction of sp³-hybridized carbons (Fsp3) is 0.125. The van der Waals surface area contributed by atoms with E-state index in [1.165, 1.54) is 7.11 Å². The molecule has 12 heavy (non-hydrogen) atoms. The Morgan fingerprint density at radius 1 is 1.33 bits per heavy atom. The Bertz CT molecular complexity index is 310. The maximum atomic E-state index is 11.0. The summed E-state index contributed by atoms with van der Waals surface area (Å²) in [6.07, 6.45) is 0. The molecule has 1 rings (SSSR count). The summed E-state index contributed by atoms with van der Waals surface area (Å²) < 4.78 is 6.69. The summed E-state index contributed by atoms with van der Waals surface area (Å²) in [6.45, 7) is 0. The molecular weight excluding hydrogens is 278 g/mol. The molecule has 0 spiro atoms. The zero-order valence-corrected chi connectivity index (χ0v) is 10.2. The fourth-order valence-corrected chi connectivity index (χ4v) is 1.51. The van der Waals surface area contributed by atoms with Gasteiger partial charge in [-0.3, -0.25) is 0 Å². The summed E-state index contributed by atoms with van der Waals surface area (Å²) in [5.41, 5.74) is 0.586. The number of benzene rings is 1. The molecule has 0 aliphatic heterocycles. The number of esters is 1. The third kappa shape index (κ3) is 2.15. The zero-order valence-electron chi connectivity index (χ0n) is 6.44. The van der Waals surface area contributed by atoms with E-state index in [1.807, 2.05) is 6.07 Å². The van der Waals surface area contributed by atoms with E-state index in [1.54, 1.807) is 12.1 Å². The molecule has 1 aromatic carbocycles. The molecule has 0 fully saturated rings. The first-order valence-electron chi connectivity index (χ1n) is 3.25.